The molecule has 21 heavy (non-hydrogen) atoms. The molecule has 0 aliphatic carbocycles. The Kier molecular flexibility index (Phi) is 5.43. The first-order valence-electron chi connectivity index (χ1n) is 7.30. The van der Waals surface area contributed by atoms with Crippen molar-refractivity contribution in [3.05, 3.63) is 59.4 Å². The summed E-state index contributed by atoms with van der Waals surface area (Å²) in [5.74, 6) is 0.967. The van der Waals surface area contributed by atoms with Crippen molar-refractivity contribution in [2.24, 2.45) is 0 Å². The van der Waals surface area contributed by atoms with Gasteiger partial charge in [-0.05, 0) is 56.5 Å². The molecule has 2 nitrogen and oxygen atoms in total. The van der Waals surface area contributed by atoms with Crippen LogP contribution in [0.25, 0.3) is 0 Å². The van der Waals surface area contributed by atoms with Gasteiger partial charge in [-0.1, -0.05) is 18.2 Å². The molecule has 2 rings (SSSR count). The van der Waals surface area contributed by atoms with E-state index in [9.17, 15) is 0 Å². The molecule has 0 fully saturated rings. The standard InChI is InChI=1S/C18H24N2S/c1-14-9-16(11-19-10-14)13-21-17-7-5-15(6-8-17)12-20-18(2,3)4/h5-11,20H,12-13H2,1-4H3. The lowest BCUT2D eigenvalue weighted by Crippen LogP contribution is -2.35. The van der Waals surface area contributed by atoms with Crippen molar-refractivity contribution < 1.29 is 0 Å². The first-order chi connectivity index (χ1) is 9.92. The third-order valence-corrected chi connectivity index (χ3v) is 4.17. The monoisotopic (exact) mass is 300 g/mol. The molecule has 112 valence electrons. The molecule has 0 spiro atoms. The quantitative estimate of drug-likeness (QED) is 0.819. The van der Waals surface area contributed by atoms with Crippen LogP contribution in [-0.2, 0) is 12.3 Å². The van der Waals surface area contributed by atoms with E-state index in [-0.39, 0.29) is 5.54 Å². The number of benzene rings is 1. The van der Waals surface area contributed by atoms with E-state index in [1.54, 1.807) is 0 Å². The maximum Gasteiger partial charge on any atom is 0.0308 e. The molecule has 0 aliphatic rings. The van der Waals surface area contributed by atoms with E-state index in [0.717, 1.165) is 12.3 Å². The fourth-order valence-electron chi connectivity index (χ4n) is 1.93. The first-order valence-corrected chi connectivity index (χ1v) is 8.28. The average Bonchev–Trinajstić information content (AvgIpc) is 2.43. The lowest BCUT2D eigenvalue weighted by Gasteiger charge is -2.20. The molecule has 0 aliphatic heterocycles. The summed E-state index contributed by atoms with van der Waals surface area (Å²) in [6, 6.07) is 11.0. The number of hydrogen-bond acceptors (Lipinski definition) is 3. The zero-order valence-corrected chi connectivity index (χ0v) is 14.1. The summed E-state index contributed by atoms with van der Waals surface area (Å²) < 4.78 is 0. The summed E-state index contributed by atoms with van der Waals surface area (Å²) in [5, 5.41) is 3.51. The smallest absolute Gasteiger partial charge is 0.0308 e. The highest BCUT2D eigenvalue weighted by molar-refractivity contribution is 7.98. The molecule has 0 radical (unpaired) electrons. The van der Waals surface area contributed by atoms with Crippen LogP contribution in [0.5, 0.6) is 0 Å². The van der Waals surface area contributed by atoms with E-state index >= 15 is 0 Å². The Labute approximate surface area is 132 Å². The number of rotatable bonds is 5. The highest BCUT2D eigenvalue weighted by Gasteiger charge is 2.08. The predicted molar refractivity (Wildman–Crippen MR) is 91.6 cm³/mol. The molecule has 1 aromatic carbocycles. The molecular formula is C18H24N2S. The number of aromatic nitrogens is 1. The number of thioether (sulfide) groups is 1. The van der Waals surface area contributed by atoms with Crippen LogP contribution in [0.2, 0.25) is 0 Å². The zero-order valence-electron chi connectivity index (χ0n) is 13.3. The van der Waals surface area contributed by atoms with Crippen molar-refractivity contribution in [1.29, 1.82) is 0 Å². The third kappa shape index (κ3) is 5.90. The highest BCUT2D eigenvalue weighted by atomic mass is 32.2. The minimum Gasteiger partial charge on any atom is -0.308 e. The summed E-state index contributed by atoms with van der Waals surface area (Å²) in [5.41, 5.74) is 3.98. The fraction of sp³-hybridized carbons (Fsp3) is 0.389. The molecule has 0 saturated carbocycles. The summed E-state index contributed by atoms with van der Waals surface area (Å²) in [7, 11) is 0. The lowest BCUT2D eigenvalue weighted by atomic mass is 10.1. The van der Waals surface area contributed by atoms with Crippen LogP contribution < -0.4 is 5.32 Å². The Morgan fingerprint density at radius 3 is 2.38 bits per heavy atom. The molecule has 3 heteroatoms. The largest absolute Gasteiger partial charge is 0.308 e. The Balaban J connectivity index is 1.87. The summed E-state index contributed by atoms with van der Waals surface area (Å²) in [6.45, 7) is 9.56. The van der Waals surface area contributed by atoms with Crippen molar-refractivity contribution >= 4 is 11.8 Å². The van der Waals surface area contributed by atoms with Crippen LogP contribution in [0, 0.1) is 6.92 Å². The van der Waals surface area contributed by atoms with Crippen LogP contribution in [-0.4, -0.2) is 10.5 Å². The molecule has 2 aromatic rings. The Morgan fingerprint density at radius 1 is 1.05 bits per heavy atom. The van der Waals surface area contributed by atoms with Gasteiger partial charge in [0.05, 0.1) is 0 Å². The van der Waals surface area contributed by atoms with Crippen molar-refractivity contribution in [1.82, 2.24) is 10.3 Å². The van der Waals surface area contributed by atoms with Gasteiger partial charge in [0, 0.05) is 35.1 Å². The molecule has 0 unspecified atom stereocenters. The van der Waals surface area contributed by atoms with Gasteiger partial charge in [0.1, 0.15) is 0 Å². The van der Waals surface area contributed by atoms with Crippen LogP contribution in [0.1, 0.15) is 37.5 Å². The van der Waals surface area contributed by atoms with E-state index in [2.05, 4.69) is 68.3 Å². The Morgan fingerprint density at radius 2 is 1.76 bits per heavy atom. The maximum atomic E-state index is 4.24. The van der Waals surface area contributed by atoms with Gasteiger partial charge in [0.25, 0.3) is 0 Å². The van der Waals surface area contributed by atoms with Gasteiger partial charge in [0.15, 0.2) is 0 Å². The van der Waals surface area contributed by atoms with Crippen LogP contribution >= 0.6 is 11.8 Å². The molecule has 0 amide bonds. The average molecular weight is 300 g/mol. The lowest BCUT2D eigenvalue weighted by molar-refractivity contribution is 0.424. The van der Waals surface area contributed by atoms with Gasteiger partial charge in [0.2, 0.25) is 0 Å². The highest BCUT2D eigenvalue weighted by Crippen LogP contribution is 2.23. The third-order valence-electron chi connectivity index (χ3n) is 3.08. The van der Waals surface area contributed by atoms with Crippen molar-refractivity contribution in [3.63, 3.8) is 0 Å². The maximum absolute atomic E-state index is 4.24. The number of aryl methyl sites for hydroxylation is 1. The van der Waals surface area contributed by atoms with Gasteiger partial charge < -0.3 is 5.32 Å². The van der Waals surface area contributed by atoms with Crippen LogP contribution in [0.3, 0.4) is 0 Å². The molecule has 0 bridgehead atoms. The molecule has 1 aromatic heterocycles. The van der Waals surface area contributed by atoms with E-state index in [0.29, 0.717) is 0 Å². The van der Waals surface area contributed by atoms with Crippen LogP contribution in [0.4, 0.5) is 0 Å². The fourth-order valence-corrected chi connectivity index (χ4v) is 2.75. The molecule has 1 heterocycles. The second-order valence-electron chi connectivity index (χ2n) is 6.41. The minimum absolute atomic E-state index is 0.158. The topological polar surface area (TPSA) is 24.9 Å². The summed E-state index contributed by atoms with van der Waals surface area (Å²) >= 11 is 1.85. The van der Waals surface area contributed by atoms with E-state index in [1.807, 2.05) is 24.2 Å². The van der Waals surface area contributed by atoms with Crippen molar-refractivity contribution in [3.8, 4) is 0 Å². The van der Waals surface area contributed by atoms with Crippen LogP contribution in [0.15, 0.2) is 47.6 Å². The molecule has 1 N–H and O–H groups in total. The Hall–Kier alpha value is -1.32. The van der Waals surface area contributed by atoms with Gasteiger partial charge in [-0.15, -0.1) is 11.8 Å². The number of hydrogen-bond donors (Lipinski definition) is 1. The Bertz CT molecular complexity index is 571. The zero-order chi connectivity index (χ0) is 15.3. The molecule has 0 atom stereocenters. The molecule has 0 saturated heterocycles. The second-order valence-corrected chi connectivity index (χ2v) is 7.46. The van der Waals surface area contributed by atoms with E-state index in [4.69, 9.17) is 0 Å². The van der Waals surface area contributed by atoms with E-state index in [1.165, 1.54) is 21.6 Å². The van der Waals surface area contributed by atoms with E-state index < -0.39 is 0 Å². The van der Waals surface area contributed by atoms with Crippen molar-refractivity contribution in [2.45, 2.75) is 50.4 Å². The first kappa shape index (κ1) is 16.1. The van der Waals surface area contributed by atoms with Gasteiger partial charge in [-0.25, -0.2) is 0 Å². The van der Waals surface area contributed by atoms with Gasteiger partial charge in [-0.2, -0.15) is 0 Å². The van der Waals surface area contributed by atoms with Gasteiger partial charge >= 0.3 is 0 Å². The summed E-state index contributed by atoms with van der Waals surface area (Å²) in [4.78, 5) is 5.54. The normalized spacial score (nSPS) is 11.6. The number of nitrogens with zero attached hydrogens (tertiary/aromatic N) is 1. The van der Waals surface area contributed by atoms with Crippen molar-refractivity contribution in [2.75, 3.05) is 0 Å². The number of nitrogens with one attached hydrogen (secondary N) is 1. The minimum atomic E-state index is 0.158. The number of pyridine rings is 1. The predicted octanol–water partition coefficient (Wildman–Crippen LogP) is 4.57. The SMILES string of the molecule is Cc1cncc(CSc2ccc(CNC(C)(C)C)cc2)c1. The molecular weight excluding hydrogens is 276 g/mol. The second kappa shape index (κ2) is 7.10. The van der Waals surface area contributed by atoms with Gasteiger partial charge in [-0.3, -0.25) is 4.98 Å². The summed E-state index contributed by atoms with van der Waals surface area (Å²) in [6.07, 6.45) is 3.84.